The molecule has 2 aromatic carbocycles. The van der Waals surface area contributed by atoms with Crippen LogP contribution in [0, 0.1) is 0 Å². The van der Waals surface area contributed by atoms with E-state index in [1.165, 1.54) is 26.4 Å². The highest BCUT2D eigenvalue weighted by atomic mass is 16.5. The summed E-state index contributed by atoms with van der Waals surface area (Å²) in [6.07, 6.45) is 0. The molecule has 0 fully saturated rings. The fourth-order valence-electron chi connectivity index (χ4n) is 2.19. The maximum absolute atomic E-state index is 12.4. The first-order valence-electron chi connectivity index (χ1n) is 7.60. The molecule has 0 saturated heterocycles. The first-order valence-corrected chi connectivity index (χ1v) is 7.60. The number of anilines is 2. The summed E-state index contributed by atoms with van der Waals surface area (Å²) >= 11 is 0. The molecule has 0 aromatic heterocycles. The summed E-state index contributed by atoms with van der Waals surface area (Å²) in [5.74, 6) is -0.229. The van der Waals surface area contributed by atoms with E-state index < -0.39 is 11.9 Å². The number of carbonyl (C=O) groups excluding carboxylic acids is 2. The van der Waals surface area contributed by atoms with Gasteiger partial charge in [-0.2, -0.15) is 0 Å². The molecular weight excluding hydrogens is 324 g/mol. The van der Waals surface area contributed by atoms with E-state index in [1.807, 2.05) is 0 Å². The monoisotopic (exact) mass is 344 g/mol. The molecule has 0 heterocycles. The lowest BCUT2D eigenvalue weighted by Gasteiger charge is -2.15. The molecule has 0 unspecified atom stereocenters. The Morgan fingerprint density at radius 2 is 1.64 bits per heavy atom. The molecule has 25 heavy (non-hydrogen) atoms. The summed E-state index contributed by atoms with van der Waals surface area (Å²) < 4.78 is 15.5. The lowest BCUT2D eigenvalue weighted by Crippen LogP contribution is -2.16. The Kier molecular flexibility index (Phi) is 5.84. The molecule has 0 atom stereocenters. The van der Waals surface area contributed by atoms with Crippen molar-refractivity contribution in [2.45, 2.75) is 6.92 Å². The Labute approximate surface area is 145 Å². The van der Waals surface area contributed by atoms with E-state index in [-0.39, 0.29) is 17.9 Å². The van der Waals surface area contributed by atoms with Crippen LogP contribution >= 0.6 is 0 Å². The number of nitrogens with one attached hydrogen (secondary N) is 1. The largest absolute Gasteiger partial charge is 0.493 e. The molecule has 0 radical (unpaired) electrons. The van der Waals surface area contributed by atoms with E-state index in [0.29, 0.717) is 22.7 Å². The van der Waals surface area contributed by atoms with Gasteiger partial charge in [-0.1, -0.05) is 0 Å². The summed E-state index contributed by atoms with van der Waals surface area (Å²) in [6, 6.07) is 9.41. The molecule has 7 nitrogen and oxygen atoms in total. The van der Waals surface area contributed by atoms with E-state index in [2.05, 4.69) is 5.32 Å². The van der Waals surface area contributed by atoms with E-state index in [9.17, 15) is 9.59 Å². The Morgan fingerprint density at radius 3 is 2.20 bits per heavy atom. The molecule has 0 saturated carbocycles. The van der Waals surface area contributed by atoms with Crippen LogP contribution in [0.5, 0.6) is 11.5 Å². The van der Waals surface area contributed by atoms with Gasteiger partial charge in [-0.15, -0.1) is 0 Å². The predicted octanol–water partition coefficient (Wildman–Crippen LogP) is 2.71. The van der Waals surface area contributed by atoms with Gasteiger partial charge in [0.05, 0.1) is 32.1 Å². The number of methoxy groups -OCH3 is 2. The standard InChI is InChI=1S/C18H20N2O5/c1-4-25-18(22)13-9-15(23-2)16(24-3)10-14(13)20-17(21)11-5-7-12(19)8-6-11/h5-10H,4,19H2,1-3H3,(H,20,21). The molecule has 1 amide bonds. The van der Waals surface area contributed by atoms with Crippen molar-refractivity contribution in [3.63, 3.8) is 0 Å². The van der Waals surface area contributed by atoms with Crippen molar-refractivity contribution in [3.05, 3.63) is 47.5 Å². The third-order valence-electron chi connectivity index (χ3n) is 3.44. The number of ether oxygens (including phenoxy) is 3. The summed E-state index contributed by atoms with van der Waals surface area (Å²) in [6.45, 7) is 1.91. The number of esters is 1. The number of amides is 1. The molecule has 132 valence electrons. The number of benzene rings is 2. The van der Waals surface area contributed by atoms with Crippen molar-refractivity contribution in [3.8, 4) is 11.5 Å². The summed E-state index contributed by atoms with van der Waals surface area (Å²) in [5.41, 5.74) is 7.01. The molecule has 0 aliphatic rings. The van der Waals surface area contributed by atoms with Gasteiger partial charge in [-0.25, -0.2) is 4.79 Å². The fraction of sp³-hybridized carbons (Fsp3) is 0.222. The summed E-state index contributed by atoms with van der Waals surface area (Å²) in [5, 5.41) is 2.70. The number of rotatable bonds is 6. The molecule has 0 aliphatic carbocycles. The van der Waals surface area contributed by atoms with Crippen molar-refractivity contribution in [1.82, 2.24) is 0 Å². The third-order valence-corrected chi connectivity index (χ3v) is 3.44. The second kappa shape index (κ2) is 8.05. The van der Waals surface area contributed by atoms with Crippen LogP contribution in [0.3, 0.4) is 0 Å². The van der Waals surface area contributed by atoms with Crippen LogP contribution in [0.2, 0.25) is 0 Å². The maximum Gasteiger partial charge on any atom is 0.340 e. The lowest BCUT2D eigenvalue weighted by molar-refractivity contribution is 0.0527. The minimum atomic E-state index is -0.573. The molecule has 7 heteroatoms. The van der Waals surface area contributed by atoms with E-state index in [1.54, 1.807) is 31.2 Å². The molecule has 2 rings (SSSR count). The number of hydrogen-bond acceptors (Lipinski definition) is 6. The van der Waals surface area contributed by atoms with E-state index in [0.717, 1.165) is 0 Å². The maximum atomic E-state index is 12.4. The molecule has 0 aliphatic heterocycles. The molecule has 0 spiro atoms. The number of nitrogens with two attached hydrogens (primary N) is 1. The van der Waals surface area contributed by atoms with Crippen molar-refractivity contribution in [1.29, 1.82) is 0 Å². The Morgan fingerprint density at radius 1 is 1.04 bits per heavy atom. The van der Waals surface area contributed by atoms with Gasteiger partial charge >= 0.3 is 5.97 Å². The Hall–Kier alpha value is -3.22. The number of nitrogen functional groups attached to an aromatic ring is 1. The average molecular weight is 344 g/mol. The highest BCUT2D eigenvalue weighted by Gasteiger charge is 2.20. The topological polar surface area (TPSA) is 99.9 Å². The van der Waals surface area contributed by atoms with Crippen LogP contribution in [-0.4, -0.2) is 32.7 Å². The Bertz CT molecular complexity index is 772. The van der Waals surface area contributed by atoms with Crippen LogP contribution < -0.4 is 20.5 Å². The number of carbonyl (C=O) groups is 2. The van der Waals surface area contributed by atoms with Gasteiger partial charge in [0.25, 0.3) is 5.91 Å². The van der Waals surface area contributed by atoms with Crippen LogP contribution in [0.25, 0.3) is 0 Å². The van der Waals surface area contributed by atoms with Crippen LogP contribution in [0.1, 0.15) is 27.6 Å². The van der Waals surface area contributed by atoms with Gasteiger partial charge in [0.2, 0.25) is 0 Å². The normalized spacial score (nSPS) is 10.0. The third kappa shape index (κ3) is 4.20. The first-order chi connectivity index (χ1) is 12.0. The minimum Gasteiger partial charge on any atom is -0.493 e. The first kappa shape index (κ1) is 18.1. The van der Waals surface area contributed by atoms with Gasteiger partial charge in [0.15, 0.2) is 11.5 Å². The summed E-state index contributed by atoms with van der Waals surface area (Å²) in [4.78, 5) is 24.6. The van der Waals surface area contributed by atoms with Gasteiger partial charge in [-0.05, 0) is 31.2 Å². The second-order valence-corrected chi connectivity index (χ2v) is 5.05. The van der Waals surface area contributed by atoms with Gasteiger partial charge < -0.3 is 25.3 Å². The van der Waals surface area contributed by atoms with Crippen LogP contribution in [0.4, 0.5) is 11.4 Å². The smallest absolute Gasteiger partial charge is 0.340 e. The van der Waals surface area contributed by atoms with Crippen LogP contribution in [-0.2, 0) is 4.74 Å². The predicted molar refractivity (Wildman–Crippen MR) is 94.3 cm³/mol. The minimum absolute atomic E-state index is 0.170. The van der Waals surface area contributed by atoms with Gasteiger partial charge in [0.1, 0.15) is 0 Å². The van der Waals surface area contributed by atoms with Gasteiger partial charge in [0, 0.05) is 23.4 Å². The summed E-state index contributed by atoms with van der Waals surface area (Å²) in [7, 11) is 2.92. The quantitative estimate of drug-likeness (QED) is 0.617. The zero-order valence-corrected chi connectivity index (χ0v) is 14.3. The Balaban J connectivity index is 2.41. The van der Waals surface area contributed by atoms with Gasteiger partial charge in [-0.3, -0.25) is 4.79 Å². The lowest BCUT2D eigenvalue weighted by atomic mass is 10.1. The SMILES string of the molecule is CCOC(=O)c1cc(OC)c(OC)cc1NC(=O)c1ccc(N)cc1. The molecule has 2 aromatic rings. The van der Waals surface area contributed by atoms with E-state index in [4.69, 9.17) is 19.9 Å². The molecular formula is C18H20N2O5. The van der Waals surface area contributed by atoms with E-state index >= 15 is 0 Å². The average Bonchev–Trinajstić information content (AvgIpc) is 2.61. The molecule has 0 bridgehead atoms. The highest BCUT2D eigenvalue weighted by molar-refractivity contribution is 6.08. The van der Waals surface area contributed by atoms with Crippen molar-refractivity contribution < 1.29 is 23.8 Å². The molecule has 3 N–H and O–H groups in total. The zero-order chi connectivity index (χ0) is 18.4. The highest BCUT2D eigenvalue weighted by Crippen LogP contribution is 2.34. The fourth-order valence-corrected chi connectivity index (χ4v) is 2.19. The second-order valence-electron chi connectivity index (χ2n) is 5.05. The van der Waals surface area contributed by atoms with Crippen LogP contribution in [0.15, 0.2) is 36.4 Å². The number of hydrogen-bond donors (Lipinski definition) is 2. The van der Waals surface area contributed by atoms with Crippen molar-refractivity contribution >= 4 is 23.3 Å². The van der Waals surface area contributed by atoms with Crippen molar-refractivity contribution in [2.75, 3.05) is 31.9 Å². The van der Waals surface area contributed by atoms with Crippen molar-refractivity contribution in [2.24, 2.45) is 0 Å². The zero-order valence-electron chi connectivity index (χ0n) is 14.3.